The van der Waals surface area contributed by atoms with E-state index in [-0.39, 0.29) is 0 Å². The van der Waals surface area contributed by atoms with Gasteiger partial charge in [0.25, 0.3) is 0 Å². The third-order valence-electron chi connectivity index (χ3n) is 3.21. The molecule has 0 aromatic heterocycles. The highest BCUT2D eigenvalue weighted by Crippen LogP contribution is 2.28. The fraction of sp³-hybridized carbons (Fsp3) is 0.250. The first kappa shape index (κ1) is 14.8. The van der Waals surface area contributed by atoms with Crippen molar-refractivity contribution < 1.29 is 5.11 Å². The Morgan fingerprint density at radius 2 is 1.63 bits per heavy atom. The summed E-state index contributed by atoms with van der Waals surface area (Å²) in [4.78, 5) is 0. The molecular formula is C16H16Br2O. The maximum Gasteiger partial charge on any atom is 0.0830 e. The Bertz CT molecular complexity index is 570. The molecule has 0 bridgehead atoms. The van der Waals surface area contributed by atoms with E-state index in [2.05, 4.69) is 31.9 Å². The molecule has 0 saturated heterocycles. The van der Waals surface area contributed by atoms with E-state index in [0.29, 0.717) is 6.42 Å². The van der Waals surface area contributed by atoms with Crippen LogP contribution in [0.3, 0.4) is 0 Å². The third-order valence-corrected chi connectivity index (χ3v) is 5.24. The van der Waals surface area contributed by atoms with Crippen molar-refractivity contribution in [2.75, 3.05) is 0 Å². The largest absolute Gasteiger partial charge is 0.388 e. The molecule has 3 heteroatoms. The average molecular weight is 384 g/mol. The molecule has 0 saturated carbocycles. The summed E-state index contributed by atoms with van der Waals surface area (Å²) in [6.45, 7) is 4.09. The lowest BCUT2D eigenvalue weighted by molar-refractivity contribution is 0.178. The SMILES string of the molecule is Cc1cc(C(O)Cc2ccccc2Br)cc(C)c1Br. The van der Waals surface area contributed by atoms with Crippen LogP contribution in [0.1, 0.15) is 28.4 Å². The normalized spacial score (nSPS) is 12.5. The van der Waals surface area contributed by atoms with Crippen LogP contribution in [0, 0.1) is 13.8 Å². The average Bonchev–Trinajstić information content (AvgIpc) is 2.38. The van der Waals surface area contributed by atoms with E-state index in [4.69, 9.17) is 0 Å². The van der Waals surface area contributed by atoms with Crippen LogP contribution >= 0.6 is 31.9 Å². The van der Waals surface area contributed by atoms with Gasteiger partial charge in [-0.15, -0.1) is 0 Å². The molecular weight excluding hydrogens is 368 g/mol. The van der Waals surface area contributed by atoms with Crippen molar-refractivity contribution in [3.63, 3.8) is 0 Å². The fourth-order valence-corrected chi connectivity index (χ4v) is 2.84. The summed E-state index contributed by atoms with van der Waals surface area (Å²) in [7, 11) is 0. The summed E-state index contributed by atoms with van der Waals surface area (Å²) in [6.07, 6.45) is 0.131. The van der Waals surface area contributed by atoms with E-state index in [9.17, 15) is 5.11 Å². The number of hydrogen-bond acceptors (Lipinski definition) is 1. The summed E-state index contributed by atoms with van der Waals surface area (Å²) >= 11 is 7.07. The number of aryl methyl sites for hydroxylation is 2. The van der Waals surface area contributed by atoms with Crippen molar-refractivity contribution in [3.05, 3.63) is 67.6 Å². The molecule has 100 valence electrons. The molecule has 19 heavy (non-hydrogen) atoms. The first-order valence-electron chi connectivity index (χ1n) is 6.17. The smallest absolute Gasteiger partial charge is 0.0830 e. The van der Waals surface area contributed by atoms with Gasteiger partial charge in [-0.3, -0.25) is 0 Å². The number of hydrogen-bond donors (Lipinski definition) is 1. The highest BCUT2D eigenvalue weighted by atomic mass is 79.9. The first-order valence-corrected chi connectivity index (χ1v) is 7.75. The predicted octanol–water partition coefficient (Wildman–Crippen LogP) is 5.10. The number of benzene rings is 2. The minimum Gasteiger partial charge on any atom is -0.388 e. The molecule has 1 unspecified atom stereocenters. The minimum absolute atomic E-state index is 0.482. The summed E-state index contributed by atoms with van der Waals surface area (Å²) in [5.41, 5.74) is 4.39. The summed E-state index contributed by atoms with van der Waals surface area (Å²) in [5, 5.41) is 10.4. The molecule has 2 aromatic rings. The Morgan fingerprint density at radius 1 is 1.05 bits per heavy atom. The van der Waals surface area contributed by atoms with E-state index in [1.807, 2.05) is 50.2 Å². The van der Waals surface area contributed by atoms with Crippen molar-refractivity contribution in [2.45, 2.75) is 26.4 Å². The zero-order chi connectivity index (χ0) is 14.0. The molecule has 2 aromatic carbocycles. The zero-order valence-electron chi connectivity index (χ0n) is 11.0. The highest BCUT2D eigenvalue weighted by molar-refractivity contribution is 9.10. The first-order chi connectivity index (χ1) is 8.99. The van der Waals surface area contributed by atoms with E-state index >= 15 is 0 Å². The zero-order valence-corrected chi connectivity index (χ0v) is 14.1. The van der Waals surface area contributed by atoms with Crippen LogP contribution in [0.4, 0.5) is 0 Å². The lowest BCUT2D eigenvalue weighted by atomic mass is 9.98. The standard InChI is InChI=1S/C16H16Br2O/c1-10-7-13(8-11(2)16(10)18)15(19)9-12-5-3-4-6-14(12)17/h3-8,15,19H,9H2,1-2H3. The highest BCUT2D eigenvalue weighted by Gasteiger charge is 2.12. The topological polar surface area (TPSA) is 20.2 Å². The molecule has 1 nitrogen and oxygen atoms in total. The lowest BCUT2D eigenvalue weighted by Gasteiger charge is -2.15. The Labute approximate surface area is 130 Å². The van der Waals surface area contributed by atoms with E-state index in [1.165, 1.54) is 0 Å². The van der Waals surface area contributed by atoms with Gasteiger partial charge in [0, 0.05) is 15.4 Å². The van der Waals surface area contributed by atoms with Crippen LogP contribution in [0.25, 0.3) is 0 Å². The van der Waals surface area contributed by atoms with Gasteiger partial charge in [0.1, 0.15) is 0 Å². The van der Waals surface area contributed by atoms with Crippen molar-refractivity contribution in [1.29, 1.82) is 0 Å². The monoisotopic (exact) mass is 382 g/mol. The molecule has 0 radical (unpaired) electrons. The van der Waals surface area contributed by atoms with Crippen molar-refractivity contribution in [1.82, 2.24) is 0 Å². The summed E-state index contributed by atoms with van der Waals surface area (Å²) in [6, 6.07) is 12.1. The molecule has 0 spiro atoms. The van der Waals surface area contributed by atoms with Crippen LogP contribution in [0.2, 0.25) is 0 Å². The van der Waals surface area contributed by atoms with Crippen LogP contribution in [0.5, 0.6) is 0 Å². The van der Waals surface area contributed by atoms with E-state index in [0.717, 1.165) is 31.2 Å². The number of halogens is 2. The fourth-order valence-electron chi connectivity index (χ4n) is 2.16. The van der Waals surface area contributed by atoms with Gasteiger partial charge in [0.15, 0.2) is 0 Å². The second-order valence-corrected chi connectivity index (χ2v) is 6.43. The van der Waals surface area contributed by atoms with Gasteiger partial charge in [0.05, 0.1) is 6.10 Å². The Balaban J connectivity index is 2.26. The molecule has 0 aliphatic carbocycles. The van der Waals surface area contributed by atoms with Crippen LogP contribution in [-0.2, 0) is 6.42 Å². The molecule has 2 rings (SSSR count). The Hall–Kier alpha value is -0.640. The second kappa shape index (κ2) is 6.21. The molecule has 0 aliphatic heterocycles. The lowest BCUT2D eigenvalue weighted by Crippen LogP contribution is -2.03. The third kappa shape index (κ3) is 3.47. The van der Waals surface area contributed by atoms with Crippen molar-refractivity contribution in [2.24, 2.45) is 0 Å². The van der Waals surface area contributed by atoms with Gasteiger partial charge < -0.3 is 5.11 Å². The van der Waals surface area contributed by atoms with Gasteiger partial charge in [-0.2, -0.15) is 0 Å². The van der Waals surface area contributed by atoms with Crippen LogP contribution < -0.4 is 0 Å². The maximum atomic E-state index is 10.4. The van der Waals surface area contributed by atoms with Gasteiger partial charge in [-0.05, 0) is 42.2 Å². The Kier molecular flexibility index (Phi) is 4.82. The number of aliphatic hydroxyl groups excluding tert-OH is 1. The van der Waals surface area contributed by atoms with Crippen molar-refractivity contribution in [3.8, 4) is 0 Å². The molecule has 1 atom stereocenters. The van der Waals surface area contributed by atoms with Crippen LogP contribution in [-0.4, -0.2) is 5.11 Å². The van der Waals surface area contributed by atoms with Gasteiger partial charge in [-0.25, -0.2) is 0 Å². The van der Waals surface area contributed by atoms with Gasteiger partial charge in [0.2, 0.25) is 0 Å². The summed E-state index contributed by atoms with van der Waals surface area (Å²) in [5.74, 6) is 0. The second-order valence-electron chi connectivity index (χ2n) is 4.78. The molecule has 0 amide bonds. The van der Waals surface area contributed by atoms with Gasteiger partial charge in [-0.1, -0.05) is 62.2 Å². The molecule has 0 fully saturated rings. The quantitative estimate of drug-likeness (QED) is 0.781. The predicted molar refractivity (Wildman–Crippen MR) is 86.4 cm³/mol. The van der Waals surface area contributed by atoms with Crippen molar-refractivity contribution >= 4 is 31.9 Å². The Morgan fingerprint density at radius 3 is 2.21 bits per heavy atom. The van der Waals surface area contributed by atoms with Gasteiger partial charge >= 0.3 is 0 Å². The van der Waals surface area contributed by atoms with Crippen LogP contribution in [0.15, 0.2) is 45.3 Å². The molecule has 0 aliphatic rings. The van der Waals surface area contributed by atoms with E-state index in [1.54, 1.807) is 0 Å². The summed E-state index contributed by atoms with van der Waals surface area (Å²) < 4.78 is 2.16. The number of rotatable bonds is 3. The molecule has 1 N–H and O–H groups in total. The van der Waals surface area contributed by atoms with E-state index < -0.39 is 6.10 Å². The maximum absolute atomic E-state index is 10.4. The minimum atomic E-state index is -0.482. The number of aliphatic hydroxyl groups is 1. The molecule has 0 heterocycles.